The van der Waals surface area contributed by atoms with Gasteiger partial charge in [0.25, 0.3) is 0 Å². The number of ether oxygens (including phenoxy) is 1. The minimum absolute atomic E-state index is 0.305. The molecule has 0 unspecified atom stereocenters. The number of fused-ring (bicyclic) bond motifs is 1. The topological polar surface area (TPSA) is 38.2 Å². The minimum atomic E-state index is -0.305. The Hall–Kier alpha value is -2.53. The van der Waals surface area contributed by atoms with Gasteiger partial charge in [0.2, 0.25) is 0 Å². The van der Waals surface area contributed by atoms with E-state index in [9.17, 15) is 4.39 Å². The molecule has 2 heterocycles. The molecule has 2 aromatic carbocycles. The molecule has 0 bridgehead atoms. The van der Waals surface area contributed by atoms with Gasteiger partial charge in [-0.2, -0.15) is 0 Å². The van der Waals surface area contributed by atoms with Crippen molar-refractivity contribution in [1.29, 1.82) is 0 Å². The number of hydrogen-bond acceptors (Lipinski definition) is 4. The molecule has 1 fully saturated rings. The number of morpholine rings is 1. The number of rotatable bonds is 2. The van der Waals surface area contributed by atoms with Crippen LogP contribution in [0.3, 0.4) is 0 Å². The van der Waals surface area contributed by atoms with Gasteiger partial charge in [0.05, 0.1) is 24.4 Å². The average Bonchev–Trinajstić information content (AvgIpc) is 2.62. The second kappa shape index (κ2) is 5.93. The SMILES string of the molecule is Fc1cc[c]cc1-c1ncnc2cc(N3CCOCC3)ccc12. The van der Waals surface area contributed by atoms with Crippen molar-refractivity contribution in [1.82, 2.24) is 9.97 Å². The molecule has 5 heteroatoms. The van der Waals surface area contributed by atoms with E-state index in [0.29, 0.717) is 11.3 Å². The highest BCUT2D eigenvalue weighted by molar-refractivity contribution is 5.93. The van der Waals surface area contributed by atoms with Gasteiger partial charge < -0.3 is 9.64 Å². The van der Waals surface area contributed by atoms with Gasteiger partial charge in [-0.15, -0.1) is 0 Å². The Balaban J connectivity index is 1.81. The maximum Gasteiger partial charge on any atom is 0.132 e. The summed E-state index contributed by atoms with van der Waals surface area (Å²) >= 11 is 0. The van der Waals surface area contributed by atoms with Gasteiger partial charge in [0, 0.05) is 29.7 Å². The summed E-state index contributed by atoms with van der Waals surface area (Å²) in [5.41, 5.74) is 2.95. The highest BCUT2D eigenvalue weighted by Crippen LogP contribution is 2.29. The summed E-state index contributed by atoms with van der Waals surface area (Å²) in [5.74, 6) is -0.305. The second-order valence-electron chi connectivity index (χ2n) is 5.43. The molecule has 1 radical (unpaired) electrons. The third-order valence-corrected chi connectivity index (χ3v) is 4.06. The lowest BCUT2D eigenvalue weighted by atomic mass is 10.1. The maximum atomic E-state index is 14.1. The fourth-order valence-corrected chi connectivity index (χ4v) is 2.87. The van der Waals surface area contributed by atoms with E-state index < -0.39 is 0 Å². The van der Waals surface area contributed by atoms with Crippen molar-refractivity contribution in [2.75, 3.05) is 31.2 Å². The highest BCUT2D eigenvalue weighted by atomic mass is 19.1. The van der Waals surface area contributed by atoms with Crippen molar-refractivity contribution in [3.8, 4) is 11.3 Å². The average molecular weight is 308 g/mol. The zero-order chi connectivity index (χ0) is 15.6. The Morgan fingerprint density at radius 1 is 1.13 bits per heavy atom. The molecule has 0 aliphatic carbocycles. The van der Waals surface area contributed by atoms with Crippen LogP contribution in [0.4, 0.5) is 10.1 Å². The molecule has 1 saturated heterocycles. The highest BCUT2D eigenvalue weighted by Gasteiger charge is 2.14. The Labute approximate surface area is 133 Å². The predicted molar refractivity (Wildman–Crippen MR) is 86.8 cm³/mol. The van der Waals surface area contributed by atoms with Gasteiger partial charge in [0.1, 0.15) is 12.1 Å². The van der Waals surface area contributed by atoms with Crippen LogP contribution in [-0.2, 0) is 4.74 Å². The largest absolute Gasteiger partial charge is 0.378 e. The first-order chi connectivity index (χ1) is 11.3. The van der Waals surface area contributed by atoms with Crippen LogP contribution in [-0.4, -0.2) is 36.3 Å². The van der Waals surface area contributed by atoms with Gasteiger partial charge in [-0.05, 0) is 36.4 Å². The van der Waals surface area contributed by atoms with Crippen LogP contribution in [0.2, 0.25) is 0 Å². The van der Waals surface area contributed by atoms with Gasteiger partial charge in [0.15, 0.2) is 0 Å². The van der Waals surface area contributed by atoms with Crippen LogP contribution >= 0.6 is 0 Å². The fourth-order valence-electron chi connectivity index (χ4n) is 2.87. The Kier molecular flexibility index (Phi) is 3.63. The van der Waals surface area contributed by atoms with E-state index in [1.54, 1.807) is 12.1 Å². The van der Waals surface area contributed by atoms with Crippen molar-refractivity contribution in [3.63, 3.8) is 0 Å². The molecule has 0 N–H and O–H groups in total. The summed E-state index contributed by atoms with van der Waals surface area (Å²) in [6, 6.07) is 13.5. The molecule has 1 aliphatic heterocycles. The van der Waals surface area contributed by atoms with E-state index in [0.717, 1.165) is 42.9 Å². The van der Waals surface area contributed by atoms with E-state index in [4.69, 9.17) is 4.74 Å². The number of aromatic nitrogens is 2. The van der Waals surface area contributed by atoms with Crippen LogP contribution in [0.1, 0.15) is 0 Å². The van der Waals surface area contributed by atoms with Gasteiger partial charge in [-0.3, -0.25) is 0 Å². The Morgan fingerprint density at radius 3 is 2.83 bits per heavy atom. The molecule has 115 valence electrons. The van der Waals surface area contributed by atoms with E-state index in [1.165, 1.54) is 12.4 Å². The molecule has 0 atom stereocenters. The Morgan fingerprint density at radius 2 is 2.00 bits per heavy atom. The summed E-state index contributed by atoms with van der Waals surface area (Å²) < 4.78 is 19.5. The van der Waals surface area contributed by atoms with Crippen LogP contribution < -0.4 is 4.90 Å². The summed E-state index contributed by atoms with van der Waals surface area (Å²) in [4.78, 5) is 10.9. The number of nitrogens with zero attached hydrogens (tertiary/aromatic N) is 3. The van der Waals surface area contributed by atoms with E-state index in [-0.39, 0.29) is 5.82 Å². The standard InChI is InChI=1S/C18H15FN3O/c19-16-4-2-1-3-14(16)18-15-6-5-13(11-17(15)20-12-21-18)22-7-9-23-10-8-22/h2-6,11-12H,7-10H2. The quantitative estimate of drug-likeness (QED) is 0.729. The zero-order valence-electron chi connectivity index (χ0n) is 12.5. The van der Waals surface area contributed by atoms with Crippen LogP contribution in [0.15, 0.2) is 42.7 Å². The first-order valence-corrected chi connectivity index (χ1v) is 7.56. The third-order valence-electron chi connectivity index (χ3n) is 4.06. The van der Waals surface area contributed by atoms with Crippen LogP contribution in [0.5, 0.6) is 0 Å². The molecule has 1 aromatic heterocycles. The lowest BCUT2D eigenvalue weighted by Crippen LogP contribution is -2.36. The smallest absolute Gasteiger partial charge is 0.132 e. The predicted octanol–water partition coefficient (Wildman–Crippen LogP) is 3.07. The molecule has 23 heavy (non-hydrogen) atoms. The van der Waals surface area contributed by atoms with Crippen molar-refractivity contribution in [2.45, 2.75) is 0 Å². The number of benzene rings is 2. The monoisotopic (exact) mass is 308 g/mol. The number of anilines is 1. The van der Waals surface area contributed by atoms with Crippen molar-refractivity contribution >= 4 is 16.6 Å². The summed E-state index contributed by atoms with van der Waals surface area (Å²) in [6.07, 6.45) is 1.48. The summed E-state index contributed by atoms with van der Waals surface area (Å²) in [5, 5.41) is 0.836. The fraction of sp³-hybridized carbons (Fsp3) is 0.222. The van der Waals surface area contributed by atoms with Crippen molar-refractivity contribution in [3.05, 3.63) is 54.6 Å². The lowest BCUT2D eigenvalue weighted by molar-refractivity contribution is 0.122. The second-order valence-corrected chi connectivity index (χ2v) is 5.43. The van der Waals surface area contributed by atoms with E-state index >= 15 is 0 Å². The molecule has 0 saturated carbocycles. The number of halogens is 1. The molecular formula is C18H15FN3O. The first kappa shape index (κ1) is 14.1. The van der Waals surface area contributed by atoms with Crippen molar-refractivity contribution < 1.29 is 9.13 Å². The van der Waals surface area contributed by atoms with Crippen LogP contribution in [0.25, 0.3) is 22.2 Å². The molecular weight excluding hydrogens is 293 g/mol. The van der Waals surface area contributed by atoms with Gasteiger partial charge in [-0.1, -0.05) is 6.07 Å². The lowest BCUT2D eigenvalue weighted by Gasteiger charge is -2.29. The minimum Gasteiger partial charge on any atom is -0.378 e. The van der Waals surface area contributed by atoms with E-state index in [1.807, 2.05) is 18.2 Å². The molecule has 0 spiro atoms. The Bertz CT molecular complexity index is 847. The molecule has 3 aromatic rings. The van der Waals surface area contributed by atoms with E-state index in [2.05, 4.69) is 20.9 Å². The number of hydrogen-bond donors (Lipinski definition) is 0. The maximum absolute atomic E-state index is 14.1. The summed E-state index contributed by atoms with van der Waals surface area (Å²) in [7, 11) is 0. The first-order valence-electron chi connectivity index (χ1n) is 7.56. The summed E-state index contributed by atoms with van der Waals surface area (Å²) in [6.45, 7) is 3.20. The van der Waals surface area contributed by atoms with Gasteiger partial charge >= 0.3 is 0 Å². The molecule has 4 nitrogen and oxygen atoms in total. The zero-order valence-corrected chi connectivity index (χ0v) is 12.5. The normalized spacial score (nSPS) is 15.1. The molecule has 4 rings (SSSR count). The third kappa shape index (κ3) is 2.64. The van der Waals surface area contributed by atoms with Crippen molar-refractivity contribution in [2.24, 2.45) is 0 Å². The van der Waals surface area contributed by atoms with Crippen LogP contribution in [0, 0.1) is 11.9 Å². The molecule has 0 amide bonds. The van der Waals surface area contributed by atoms with Gasteiger partial charge in [-0.25, -0.2) is 14.4 Å². The molecule has 1 aliphatic rings.